The molecular formula is C51H70N2O4. The van der Waals surface area contributed by atoms with Crippen LogP contribution in [0.25, 0.3) is 0 Å². The van der Waals surface area contributed by atoms with Crippen molar-refractivity contribution in [2.75, 3.05) is 26.2 Å². The summed E-state index contributed by atoms with van der Waals surface area (Å²) in [5.74, 6) is 4.70. The number of benzene rings is 2. The molecule has 308 valence electrons. The van der Waals surface area contributed by atoms with Crippen molar-refractivity contribution in [1.29, 1.82) is 0 Å². The van der Waals surface area contributed by atoms with Crippen LogP contribution in [0.3, 0.4) is 0 Å². The lowest BCUT2D eigenvalue weighted by atomic mass is 9.52. The normalized spacial score (nSPS) is 31.9. The van der Waals surface area contributed by atoms with Crippen molar-refractivity contribution in [2.24, 2.45) is 23.7 Å². The highest BCUT2D eigenvalue weighted by Crippen LogP contribution is 2.58. The minimum absolute atomic E-state index is 0.0981. The van der Waals surface area contributed by atoms with Crippen molar-refractivity contribution in [2.45, 2.75) is 183 Å². The largest absolute Gasteiger partial charge is 0.427 e. The molecule has 4 saturated carbocycles. The van der Waals surface area contributed by atoms with Crippen molar-refractivity contribution >= 4 is 11.9 Å². The second kappa shape index (κ2) is 16.4. The summed E-state index contributed by atoms with van der Waals surface area (Å²) in [6.45, 7) is 5.10. The Labute approximate surface area is 343 Å². The molecule has 0 amide bonds. The summed E-state index contributed by atoms with van der Waals surface area (Å²) in [6, 6.07) is 14.7. The summed E-state index contributed by atoms with van der Waals surface area (Å²) in [5.41, 5.74) is 6.61. The Balaban J connectivity index is 0.650. The molecule has 0 radical (unpaired) electrons. The lowest BCUT2D eigenvalue weighted by Crippen LogP contribution is -2.61. The van der Waals surface area contributed by atoms with Gasteiger partial charge >= 0.3 is 11.9 Å². The topological polar surface area (TPSA) is 59.1 Å². The average molecular weight is 775 g/mol. The van der Waals surface area contributed by atoms with Crippen LogP contribution in [0.15, 0.2) is 36.4 Å². The number of hydrogen-bond acceptors (Lipinski definition) is 6. The highest BCUT2D eigenvalue weighted by atomic mass is 16.5. The monoisotopic (exact) mass is 775 g/mol. The van der Waals surface area contributed by atoms with Gasteiger partial charge in [-0.3, -0.25) is 19.4 Å². The van der Waals surface area contributed by atoms with Crippen LogP contribution < -0.4 is 9.47 Å². The van der Waals surface area contributed by atoms with Crippen molar-refractivity contribution in [3.05, 3.63) is 58.7 Å². The molecule has 57 heavy (non-hydrogen) atoms. The van der Waals surface area contributed by atoms with Crippen molar-refractivity contribution in [3.63, 3.8) is 0 Å². The summed E-state index contributed by atoms with van der Waals surface area (Å²) in [6.07, 6.45) is 29.6. The molecule has 6 heteroatoms. The first-order chi connectivity index (χ1) is 28.0. The van der Waals surface area contributed by atoms with E-state index in [4.69, 9.17) is 9.47 Å². The van der Waals surface area contributed by atoms with Crippen molar-refractivity contribution < 1.29 is 19.1 Å². The van der Waals surface area contributed by atoms with E-state index >= 15 is 0 Å². The zero-order valence-corrected chi connectivity index (χ0v) is 35.0. The number of esters is 2. The summed E-state index contributed by atoms with van der Waals surface area (Å²) in [4.78, 5) is 31.7. The molecule has 4 bridgehead atoms. The predicted molar refractivity (Wildman–Crippen MR) is 226 cm³/mol. The fourth-order valence-electron chi connectivity index (χ4n) is 14.0. The van der Waals surface area contributed by atoms with E-state index in [0.29, 0.717) is 24.9 Å². The molecular weight excluding hydrogens is 705 g/mol. The Morgan fingerprint density at radius 1 is 0.544 bits per heavy atom. The number of carbonyl (C=O) groups excluding carboxylic acids is 2. The second-order valence-corrected chi connectivity index (χ2v) is 20.5. The maximum atomic E-state index is 13.0. The number of piperidine rings is 2. The van der Waals surface area contributed by atoms with Gasteiger partial charge in [-0.05, 0) is 173 Å². The van der Waals surface area contributed by atoms with Gasteiger partial charge in [0.15, 0.2) is 0 Å². The number of hydrogen-bond donors (Lipinski definition) is 0. The van der Waals surface area contributed by atoms with Gasteiger partial charge in [0.2, 0.25) is 0 Å². The van der Waals surface area contributed by atoms with Gasteiger partial charge in [0.05, 0.1) is 0 Å². The van der Waals surface area contributed by atoms with Crippen LogP contribution in [-0.4, -0.2) is 60.0 Å². The number of nitrogens with zero attached hydrogens (tertiary/aromatic N) is 2. The summed E-state index contributed by atoms with van der Waals surface area (Å²) in [7, 11) is 0. The Morgan fingerprint density at radius 3 is 1.47 bits per heavy atom. The molecule has 6 nitrogen and oxygen atoms in total. The summed E-state index contributed by atoms with van der Waals surface area (Å²) < 4.78 is 12.0. The zero-order valence-electron chi connectivity index (χ0n) is 35.0. The SMILES string of the molecule is O=C(CCCCCCCCC(=O)Oc1ccc2c(c1)[C@]13CCCC[C@H]1[C@H](C2)N(CC1CC1)CC3)Oc1ccc2c(c1)[C@]13CCCC[C@H]1[C@H](C2)N(CC1CCC1)CC3. The van der Waals surface area contributed by atoms with Crippen molar-refractivity contribution in [3.8, 4) is 11.5 Å². The Kier molecular flexibility index (Phi) is 11.1. The van der Waals surface area contributed by atoms with Crippen LogP contribution in [-0.2, 0) is 33.3 Å². The number of unbranched alkanes of at least 4 members (excludes halogenated alkanes) is 5. The van der Waals surface area contributed by atoms with Gasteiger partial charge in [0.1, 0.15) is 11.5 Å². The Hall–Kier alpha value is -2.70. The number of ether oxygens (including phenoxy) is 2. The summed E-state index contributed by atoms with van der Waals surface area (Å²) in [5, 5.41) is 0. The maximum absolute atomic E-state index is 13.0. The predicted octanol–water partition coefficient (Wildman–Crippen LogP) is 10.6. The molecule has 6 aliphatic carbocycles. The van der Waals surface area contributed by atoms with E-state index in [1.807, 2.05) is 0 Å². The number of rotatable bonds is 15. The molecule has 2 aromatic carbocycles. The van der Waals surface area contributed by atoms with E-state index in [-0.39, 0.29) is 22.8 Å². The van der Waals surface area contributed by atoms with Crippen molar-refractivity contribution in [1.82, 2.24) is 9.80 Å². The molecule has 8 aliphatic rings. The van der Waals surface area contributed by atoms with Crippen LogP contribution in [0.5, 0.6) is 11.5 Å². The van der Waals surface area contributed by atoms with E-state index in [9.17, 15) is 9.59 Å². The lowest BCUT2D eigenvalue weighted by molar-refractivity contribution is -0.135. The van der Waals surface area contributed by atoms with E-state index in [2.05, 4.69) is 46.2 Å². The molecule has 6 atom stereocenters. The first kappa shape index (κ1) is 38.5. The van der Waals surface area contributed by atoms with E-state index in [1.54, 1.807) is 0 Å². The third kappa shape index (κ3) is 7.66. The maximum Gasteiger partial charge on any atom is 0.311 e. The van der Waals surface area contributed by atoms with Gasteiger partial charge in [-0.1, -0.05) is 69.9 Å². The second-order valence-electron chi connectivity index (χ2n) is 20.5. The van der Waals surface area contributed by atoms with Gasteiger partial charge in [-0.15, -0.1) is 0 Å². The van der Waals surface area contributed by atoms with Crippen LogP contribution >= 0.6 is 0 Å². The number of fused-ring (bicyclic) bond motifs is 2. The third-order valence-electron chi connectivity index (χ3n) is 17.2. The minimum atomic E-state index is -0.0988. The molecule has 0 spiro atoms. The van der Waals surface area contributed by atoms with Gasteiger partial charge in [0, 0.05) is 48.8 Å². The Morgan fingerprint density at radius 2 is 1.02 bits per heavy atom. The van der Waals surface area contributed by atoms with E-state index in [1.165, 1.54) is 158 Å². The molecule has 2 aromatic rings. The smallest absolute Gasteiger partial charge is 0.311 e. The fourth-order valence-corrected chi connectivity index (χ4v) is 14.0. The standard InChI is InChI=1S/C51H70N2O4/c54-48(56-40-22-20-38-30-46-42-14-7-9-24-50(42,44(38)32-40)26-28-52(46)34-36-12-11-13-36)16-5-3-1-2-4-6-17-49(55)57-41-23-21-39-31-47-43-15-8-10-25-51(43,45(39)33-41)27-29-53(47)35-37-18-19-37/h20-23,32-33,36-37,42-43,46-47H,1-19,24-31,34-35H2/t42-,43-,46-,47-,50-,51-/m0/s1. The minimum Gasteiger partial charge on any atom is -0.427 e. The average Bonchev–Trinajstić information content (AvgIpc) is 4.03. The number of likely N-dealkylation sites (tertiary alicyclic amines) is 2. The number of carbonyl (C=O) groups is 2. The van der Waals surface area contributed by atoms with Gasteiger partial charge in [0.25, 0.3) is 0 Å². The van der Waals surface area contributed by atoms with Crippen LogP contribution in [0.2, 0.25) is 0 Å². The van der Waals surface area contributed by atoms with Gasteiger partial charge in [-0.25, -0.2) is 0 Å². The molecule has 2 saturated heterocycles. The Bertz CT molecular complexity index is 1780. The zero-order chi connectivity index (χ0) is 38.4. The van der Waals surface area contributed by atoms with Gasteiger partial charge < -0.3 is 9.47 Å². The highest BCUT2D eigenvalue weighted by Gasteiger charge is 2.55. The molecule has 2 heterocycles. The quantitative estimate of drug-likeness (QED) is 0.102. The van der Waals surface area contributed by atoms with Gasteiger partial charge in [-0.2, -0.15) is 0 Å². The molecule has 0 aromatic heterocycles. The van der Waals surface area contributed by atoms with Crippen LogP contribution in [0.4, 0.5) is 0 Å². The third-order valence-corrected chi connectivity index (χ3v) is 17.2. The molecule has 10 rings (SSSR count). The fraction of sp³-hybridized carbons (Fsp3) is 0.725. The van der Waals surface area contributed by atoms with E-state index in [0.717, 1.165) is 73.7 Å². The molecule has 0 unspecified atom stereocenters. The van der Waals surface area contributed by atoms with E-state index < -0.39 is 0 Å². The molecule has 0 N–H and O–H groups in total. The van der Waals surface area contributed by atoms with Crippen LogP contribution in [0, 0.1) is 23.7 Å². The first-order valence-corrected chi connectivity index (χ1v) is 24.1. The molecule has 6 fully saturated rings. The lowest BCUT2D eigenvalue weighted by Gasteiger charge is -2.59. The first-order valence-electron chi connectivity index (χ1n) is 24.1. The van der Waals surface area contributed by atoms with Crippen LogP contribution in [0.1, 0.15) is 170 Å². The highest BCUT2D eigenvalue weighted by molar-refractivity contribution is 5.73. The molecule has 2 aliphatic heterocycles. The summed E-state index contributed by atoms with van der Waals surface area (Å²) >= 11 is 0.